The van der Waals surface area contributed by atoms with E-state index in [1.165, 1.54) is 12.1 Å². The summed E-state index contributed by atoms with van der Waals surface area (Å²) in [5, 5.41) is 18.9. The standard InChI is InChI=1S/C11H11ClO3/c12-8-3-2-7(6-9(8)13)11(10(14)15)4-1-5-11/h2-3,6,13H,1,4-5H2,(H,14,15). The first kappa shape index (κ1) is 10.3. The summed E-state index contributed by atoms with van der Waals surface area (Å²) in [6, 6.07) is 4.67. The van der Waals surface area contributed by atoms with Crippen LogP contribution in [0.3, 0.4) is 0 Å². The number of hydrogen-bond donors (Lipinski definition) is 2. The number of carboxylic acids is 1. The van der Waals surface area contributed by atoms with Crippen LogP contribution >= 0.6 is 11.6 Å². The molecule has 1 fully saturated rings. The van der Waals surface area contributed by atoms with E-state index in [4.69, 9.17) is 11.6 Å². The van der Waals surface area contributed by atoms with Crippen LogP contribution in [0.25, 0.3) is 0 Å². The van der Waals surface area contributed by atoms with Crippen molar-refractivity contribution in [2.75, 3.05) is 0 Å². The molecule has 0 aliphatic heterocycles. The van der Waals surface area contributed by atoms with Gasteiger partial charge in [-0.3, -0.25) is 4.79 Å². The van der Waals surface area contributed by atoms with Gasteiger partial charge in [-0.05, 0) is 30.5 Å². The maximum Gasteiger partial charge on any atom is 0.314 e. The Bertz CT molecular complexity index is 410. The van der Waals surface area contributed by atoms with Gasteiger partial charge in [0.05, 0.1) is 10.4 Å². The molecule has 1 aliphatic carbocycles. The summed E-state index contributed by atoms with van der Waals surface area (Å²) in [5.41, 5.74) is -0.162. The van der Waals surface area contributed by atoms with Gasteiger partial charge >= 0.3 is 5.97 Å². The molecular formula is C11H11ClO3. The third kappa shape index (κ3) is 1.47. The van der Waals surface area contributed by atoms with Crippen molar-refractivity contribution in [3.05, 3.63) is 28.8 Å². The molecule has 0 radical (unpaired) electrons. The van der Waals surface area contributed by atoms with Gasteiger partial charge in [-0.1, -0.05) is 24.1 Å². The zero-order valence-electron chi connectivity index (χ0n) is 8.03. The molecular weight excluding hydrogens is 216 g/mol. The minimum Gasteiger partial charge on any atom is -0.506 e. The zero-order valence-corrected chi connectivity index (χ0v) is 8.79. The van der Waals surface area contributed by atoms with Crippen LogP contribution in [0, 0.1) is 0 Å². The monoisotopic (exact) mass is 226 g/mol. The van der Waals surface area contributed by atoms with E-state index in [2.05, 4.69) is 0 Å². The van der Waals surface area contributed by atoms with Crippen LogP contribution < -0.4 is 0 Å². The fourth-order valence-corrected chi connectivity index (χ4v) is 2.08. The Kier molecular flexibility index (Phi) is 2.35. The fourth-order valence-electron chi connectivity index (χ4n) is 1.97. The molecule has 0 amide bonds. The van der Waals surface area contributed by atoms with Gasteiger partial charge in [-0.2, -0.15) is 0 Å². The van der Waals surface area contributed by atoms with Gasteiger partial charge in [-0.25, -0.2) is 0 Å². The number of phenols is 1. The minimum absolute atomic E-state index is 0.0540. The van der Waals surface area contributed by atoms with Crippen molar-refractivity contribution in [1.82, 2.24) is 0 Å². The number of aliphatic carboxylic acids is 1. The van der Waals surface area contributed by atoms with E-state index in [0.717, 1.165) is 6.42 Å². The van der Waals surface area contributed by atoms with Crippen LogP contribution in [-0.2, 0) is 10.2 Å². The van der Waals surface area contributed by atoms with E-state index in [1.807, 2.05) is 0 Å². The second-order valence-corrected chi connectivity index (χ2v) is 4.31. The summed E-state index contributed by atoms with van der Waals surface area (Å²) >= 11 is 5.67. The highest BCUT2D eigenvalue weighted by atomic mass is 35.5. The molecule has 1 aromatic carbocycles. The Morgan fingerprint density at radius 1 is 1.40 bits per heavy atom. The predicted octanol–water partition coefficient (Wildman–Crippen LogP) is 2.55. The average Bonchev–Trinajstić information content (AvgIpc) is 2.08. The summed E-state index contributed by atoms with van der Waals surface area (Å²) < 4.78 is 0. The van der Waals surface area contributed by atoms with Crippen LogP contribution in [0.15, 0.2) is 18.2 Å². The first-order valence-corrected chi connectivity index (χ1v) is 5.16. The highest BCUT2D eigenvalue weighted by Crippen LogP contribution is 2.45. The largest absolute Gasteiger partial charge is 0.506 e. The van der Waals surface area contributed by atoms with Crippen LogP contribution in [0.4, 0.5) is 0 Å². The minimum atomic E-state index is -0.824. The van der Waals surface area contributed by atoms with Crippen LogP contribution in [0.5, 0.6) is 5.75 Å². The van der Waals surface area contributed by atoms with E-state index in [9.17, 15) is 15.0 Å². The lowest BCUT2D eigenvalue weighted by Gasteiger charge is -2.38. The van der Waals surface area contributed by atoms with Gasteiger partial charge in [0.15, 0.2) is 0 Å². The zero-order chi connectivity index (χ0) is 11.1. The average molecular weight is 227 g/mol. The van der Waals surface area contributed by atoms with E-state index in [1.54, 1.807) is 6.07 Å². The van der Waals surface area contributed by atoms with Crippen molar-refractivity contribution >= 4 is 17.6 Å². The molecule has 80 valence electrons. The normalized spacial score (nSPS) is 18.2. The summed E-state index contributed by atoms with van der Waals surface area (Å²) in [4.78, 5) is 11.2. The third-order valence-electron chi connectivity index (χ3n) is 3.12. The molecule has 1 saturated carbocycles. The highest BCUT2D eigenvalue weighted by molar-refractivity contribution is 6.32. The van der Waals surface area contributed by atoms with E-state index in [0.29, 0.717) is 18.4 Å². The quantitative estimate of drug-likeness (QED) is 0.815. The van der Waals surface area contributed by atoms with E-state index >= 15 is 0 Å². The molecule has 0 saturated heterocycles. The lowest BCUT2D eigenvalue weighted by atomic mass is 9.64. The van der Waals surface area contributed by atoms with Crippen LogP contribution in [0.1, 0.15) is 24.8 Å². The topological polar surface area (TPSA) is 57.5 Å². The van der Waals surface area contributed by atoms with Crippen molar-refractivity contribution in [1.29, 1.82) is 0 Å². The molecule has 0 bridgehead atoms. The van der Waals surface area contributed by atoms with E-state index < -0.39 is 11.4 Å². The number of aromatic hydroxyl groups is 1. The number of rotatable bonds is 2. The van der Waals surface area contributed by atoms with E-state index in [-0.39, 0.29) is 10.8 Å². The molecule has 0 aromatic heterocycles. The Morgan fingerprint density at radius 3 is 2.47 bits per heavy atom. The van der Waals surface area contributed by atoms with Crippen molar-refractivity contribution < 1.29 is 15.0 Å². The number of halogens is 1. The Labute approximate surface area is 92.3 Å². The molecule has 1 aromatic rings. The number of hydrogen-bond acceptors (Lipinski definition) is 2. The van der Waals surface area contributed by atoms with Gasteiger partial charge < -0.3 is 10.2 Å². The maximum atomic E-state index is 11.2. The molecule has 0 heterocycles. The number of phenolic OH excluding ortho intramolecular Hbond substituents is 1. The van der Waals surface area contributed by atoms with Crippen molar-refractivity contribution in [2.24, 2.45) is 0 Å². The molecule has 4 heteroatoms. The maximum absolute atomic E-state index is 11.2. The lowest BCUT2D eigenvalue weighted by molar-refractivity contribution is -0.147. The number of carbonyl (C=O) groups is 1. The van der Waals surface area contributed by atoms with Gasteiger partial charge in [-0.15, -0.1) is 0 Å². The molecule has 3 nitrogen and oxygen atoms in total. The van der Waals surface area contributed by atoms with Crippen molar-refractivity contribution in [2.45, 2.75) is 24.7 Å². The molecule has 15 heavy (non-hydrogen) atoms. The predicted molar refractivity (Wildman–Crippen MR) is 56.3 cm³/mol. The molecule has 0 spiro atoms. The van der Waals surface area contributed by atoms with Crippen LogP contribution in [0.2, 0.25) is 5.02 Å². The Hall–Kier alpha value is -1.22. The molecule has 0 unspecified atom stereocenters. The van der Waals surface area contributed by atoms with Gasteiger partial charge in [0.2, 0.25) is 0 Å². The first-order chi connectivity index (χ1) is 7.06. The number of carboxylic acid groups (broad SMARTS) is 1. The number of benzene rings is 1. The first-order valence-electron chi connectivity index (χ1n) is 4.79. The molecule has 1 aliphatic rings. The summed E-state index contributed by atoms with van der Waals surface area (Å²) in [6.07, 6.45) is 2.17. The highest BCUT2D eigenvalue weighted by Gasteiger charge is 2.46. The summed E-state index contributed by atoms with van der Waals surface area (Å²) in [6.45, 7) is 0. The second kappa shape index (κ2) is 3.42. The molecule has 2 N–H and O–H groups in total. The summed E-state index contributed by atoms with van der Waals surface area (Å²) in [7, 11) is 0. The van der Waals surface area contributed by atoms with Gasteiger partial charge in [0, 0.05) is 0 Å². The lowest BCUT2D eigenvalue weighted by Crippen LogP contribution is -2.42. The Balaban J connectivity index is 2.44. The SMILES string of the molecule is O=C(O)C1(c2ccc(Cl)c(O)c2)CCC1. The summed E-state index contributed by atoms with van der Waals surface area (Å²) in [5.74, 6) is -0.878. The van der Waals surface area contributed by atoms with Crippen molar-refractivity contribution in [3.8, 4) is 5.75 Å². The van der Waals surface area contributed by atoms with Crippen molar-refractivity contribution in [3.63, 3.8) is 0 Å². The second-order valence-electron chi connectivity index (χ2n) is 3.91. The Morgan fingerprint density at radius 2 is 2.07 bits per heavy atom. The fraction of sp³-hybridized carbons (Fsp3) is 0.364. The third-order valence-corrected chi connectivity index (χ3v) is 3.43. The smallest absolute Gasteiger partial charge is 0.314 e. The molecule has 2 rings (SSSR count). The van der Waals surface area contributed by atoms with Gasteiger partial charge in [0.25, 0.3) is 0 Å². The van der Waals surface area contributed by atoms with Crippen LogP contribution in [-0.4, -0.2) is 16.2 Å². The molecule has 0 atom stereocenters. The van der Waals surface area contributed by atoms with Gasteiger partial charge in [0.1, 0.15) is 5.75 Å².